The first-order chi connectivity index (χ1) is 13.6. The number of ether oxygens (including phenoxy) is 1. The average molecular weight is 488 g/mol. The summed E-state index contributed by atoms with van der Waals surface area (Å²) in [4.78, 5) is 12.1. The Labute approximate surface area is 179 Å². The van der Waals surface area contributed by atoms with Gasteiger partial charge in [0.15, 0.2) is 0 Å². The molecule has 6 heteroatoms. The number of fused-ring (bicyclic) bond motifs is 1. The van der Waals surface area contributed by atoms with Crippen LogP contribution in [0.15, 0.2) is 48.5 Å². The summed E-state index contributed by atoms with van der Waals surface area (Å²) in [7, 11) is 1.69. The van der Waals surface area contributed by atoms with Crippen LogP contribution < -0.4 is 15.0 Å². The predicted octanol–water partition coefficient (Wildman–Crippen LogP) is 5.35. The number of anilines is 2. The smallest absolute Gasteiger partial charge is 0.227 e. The van der Waals surface area contributed by atoms with Crippen molar-refractivity contribution in [2.45, 2.75) is 29.7 Å². The molecule has 1 N–H and O–H groups in total. The van der Waals surface area contributed by atoms with Gasteiger partial charge in [0.2, 0.25) is 5.95 Å². The van der Waals surface area contributed by atoms with Gasteiger partial charge in [0.1, 0.15) is 15.1 Å². The summed E-state index contributed by atoms with van der Waals surface area (Å²) in [6.45, 7) is 4.21. The van der Waals surface area contributed by atoms with E-state index < -0.39 is 0 Å². The van der Waals surface area contributed by atoms with Gasteiger partial charge in [-0.2, -0.15) is 4.98 Å². The quantitative estimate of drug-likeness (QED) is 0.298. The lowest BCUT2D eigenvalue weighted by atomic mass is 10.1. The molecule has 1 saturated heterocycles. The number of nitrogens with one attached hydrogen (secondary N) is 1. The van der Waals surface area contributed by atoms with Crippen molar-refractivity contribution < 1.29 is 4.74 Å². The molecule has 1 unspecified atom stereocenters. The van der Waals surface area contributed by atoms with Gasteiger partial charge in [0, 0.05) is 18.5 Å². The maximum atomic E-state index is 5.29. The largest absolute Gasteiger partial charge is 0.497 e. The summed E-state index contributed by atoms with van der Waals surface area (Å²) in [6.07, 6.45) is 3.70. The number of alkyl halides is 1. The number of aromatic nitrogens is 2. The Bertz CT molecular complexity index is 952. The first-order valence-electron chi connectivity index (χ1n) is 9.70. The van der Waals surface area contributed by atoms with Gasteiger partial charge in [-0.25, -0.2) is 4.98 Å². The van der Waals surface area contributed by atoms with Crippen LogP contribution in [0.2, 0.25) is 0 Å². The minimum atomic E-state index is -0.319. The van der Waals surface area contributed by atoms with E-state index in [0.29, 0.717) is 0 Å². The number of piperidine rings is 1. The molecule has 1 atom stereocenters. The lowest BCUT2D eigenvalue weighted by Gasteiger charge is -2.29. The topological polar surface area (TPSA) is 50.3 Å². The third kappa shape index (κ3) is 4.01. The third-order valence-corrected chi connectivity index (χ3v) is 6.11. The summed E-state index contributed by atoms with van der Waals surface area (Å²) in [5, 5.41) is 4.70. The van der Waals surface area contributed by atoms with E-state index in [4.69, 9.17) is 14.7 Å². The van der Waals surface area contributed by atoms with Crippen molar-refractivity contribution in [1.29, 1.82) is 0 Å². The summed E-state index contributed by atoms with van der Waals surface area (Å²) in [5.41, 5.74) is 2.14. The molecule has 1 aliphatic heterocycles. The highest BCUT2D eigenvalue weighted by molar-refractivity contribution is 14.1. The molecule has 0 aliphatic carbocycles. The molecule has 3 aromatic rings. The second-order valence-corrected chi connectivity index (χ2v) is 9.45. The fourth-order valence-electron chi connectivity index (χ4n) is 3.59. The third-order valence-electron chi connectivity index (χ3n) is 5.22. The van der Waals surface area contributed by atoms with Gasteiger partial charge >= 0.3 is 0 Å². The van der Waals surface area contributed by atoms with E-state index in [2.05, 4.69) is 64.0 Å². The molecular weight excluding hydrogens is 463 g/mol. The Morgan fingerprint density at radius 3 is 2.43 bits per heavy atom. The van der Waals surface area contributed by atoms with Gasteiger partial charge in [0.25, 0.3) is 0 Å². The van der Waals surface area contributed by atoms with Crippen LogP contribution in [0.1, 0.15) is 31.7 Å². The van der Waals surface area contributed by atoms with Crippen LogP contribution in [0.3, 0.4) is 0 Å². The zero-order valence-electron chi connectivity index (χ0n) is 16.3. The Morgan fingerprint density at radius 2 is 1.71 bits per heavy atom. The zero-order valence-corrected chi connectivity index (χ0v) is 18.4. The van der Waals surface area contributed by atoms with E-state index >= 15 is 0 Å². The number of hydrogen-bond acceptors (Lipinski definition) is 5. The maximum absolute atomic E-state index is 5.29. The van der Waals surface area contributed by atoms with E-state index in [0.717, 1.165) is 47.1 Å². The highest BCUT2D eigenvalue weighted by atomic mass is 127. The van der Waals surface area contributed by atoms with E-state index in [-0.39, 0.29) is 3.55 Å². The second kappa shape index (κ2) is 8.11. The van der Waals surface area contributed by atoms with E-state index in [1.54, 1.807) is 7.11 Å². The van der Waals surface area contributed by atoms with Gasteiger partial charge in [0.05, 0.1) is 12.6 Å². The molecule has 0 spiro atoms. The van der Waals surface area contributed by atoms with E-state index in [1.807, 2.05) is 24.3 Å². The molecule has 0 amide bonds. The van der Waals surface area contributed by atoms with Gasteiger partial charge in [-0.15, -0.1) is 0 Å². The molecule has 0 radical (unpaired) electrons. The molecule has 146 valence electrons. The Hall–Kier alpha value is -2.09. The maximum Gasteiger partial charge on any atom is 0.227 e. The van der Waals surface area contributed by atoms with Crippen LogP contribution in [0.5, 0.6) is 5.75 Å². The summed E-state index contributed by atoms with van der Waals surface area (Å²) < 4.78 is 4.97. The van der Waals surface area contributed by atoms with Crippen LogP contribution in [-0.2, 0) is 3.55 Å². The lowest BCUT2D eigenvalue weighted by Crippen LogP contribution is -2.32. The number of halogens is 1. The predicted molar refractivity (Wildman–Crippen MR) is 124 cm³/mol. The Morgan fingerprint density at radius 1 is 1.00 bits per heavy atom. The number of nitrogens with zero attached hydrogens (tertiary/aromatic N) is 3. The van der Waals surface area contributed by atoms with E-state index in [1.165, 1.54) is 19.3 Å². The Kier molecular flexibility index (Phi) is 5.57. The standard InChI is InChI=1S/C22H25IN4O/c1-22(23,16-10-12-17(28-2)13-11-16)26-20-18-8-4-5-9-19(18)24-21(25-20)27-14-6-3-7-15-27/h4-5,8-13H,3,6-7,14-15H2,1-2H3,(H,24,25,26). The SMILES string of the molecule is COc1ccc(C(C)(I)Nc2nc(N3CCCCC3)nc3ccccc23)cc1. The molecule has 2 heterocycles. The second-order valence-electron chi connectivity index (χ2n) is 7.29. The van der Waals surface area contributed by atoms with Gasteiger partial charge in [-0.05, 0) is 78.6 Å². The van der Waals surface area contributed by atoms with Crippen molar-refractivity contribution in [3.63, 3.8) is 0 Å². The summed E-state index contributed by atoms with van der Waals surface area (Å²) in [6, 6.07) is 16.4. The molecule has 2 aromatic carbocycles. The first-order valence-corrected chi connectivity index (χ1v) is 10.8. The van der Waals surface area contributed by atoms with Crippen molar-refractivity contribution in [3.8, 4) is 5.75 Å². The van der Waals surface area contributed by atoms with Crippen molar-refractivity contribution >= 4 is 45.3 Å². The highest BCUT2D eigenvalue weighted by Gasteiger charge is 2.25. The molecular formula is C22H25IN4O. The van der Waals surface area contributed by atoms with Crippen LogP contribution in [0.4, 0.5) is 11.8 Å². The van der Waals surface area contributed by atoms with Crippen molar-refractivity contribution in [3.05, 3.63) is 54.1 Å². The van der Waals surface area contributed by atoms with Crippen molar-refractivity contribution in [1.82, 2.24) is 9.97 Å². The number of methoxy groups -OCH3 is 1. The summed E-state index contributed by atoms with van der Waals surface area (Å²) in [5.74, 6) is 2.55. The van der Waals surface area contributed by atoms with Gasteiger partial charge in [-0.1, -0.05) is 24.3 Å². The Balaban J connectivity index is 1.71. The van der Waals surface area contributed by atoms with Crippen LogP contribution in [0, 0.1) is 0 Å². The van der Waals surface area contributed by atoms with Crippen LogP contribution in [0.25, 0.3) is 10.9 Å². The number of hydrogen-bond donors (Lipinski definition) is 1. The normalized spacial score (nSPS) is 16.6. The van der Waals surface area contributed by atoms with E-state index in [9.17, 15) is 0 Å². The molecule has 1 fully saturated rings. The zero-order chi connectivity index (χ0) is 19.6. The minimum Gasteiger partial charge on any atom is -0.497 e. The lowest BCUT2D eigenvalue weighted by molar-refractivity contribution is 0.414. The molecule has 0 saturated carbocycles. The highest BCUT2D eigenvalue weighted by Crippen LogP contribution is 2.36. The molecule has 0 bridgehead atoms. The fourth-order valence-corrected chi connectivity index (χ4v) is 4.21. The molecule has 28 heavy (non-hydrogen) atoms. The average Bonchev–Trinajstić information content (AvgIpc) is 2.74. The fraction of sp³-hybridized carbons (Fsp3) is 0.364. The van der Waals surface area contributed by atoms with Gasteiger partial charge < -0.3 is 15.0 Å². The minimum absolute atomic E-state index is 0.319. The number of para-hydroxylation sites is 1. The summed E-state index contributed by atoms with van der Waals surface area (Å²) >= 11 is 2.44. The monoisotopic (exact) mass is 488 g/mol. The molecule has 1 aliphatic rings. The van der Waals surface area contributed by atoms with Crippen LogP contribution >= 0.6 is 22.6 Å². The number of benzene rings is 2. The molecule has 1 aromatic heterocycles. The van der Waals surface area contributed by atoms with Crippen molar-refractivity contribution in [2.24, 2.45) is 0 Å². The molecule has 5 nitrogen and oxygen atoms in total. The van der Waals surface area contributed by atoms with Crippen LogP contribution in [-0.4, -0.2) is 30.2 Å². The van der Waals surface area contributed by atoms with Gasteiger partial charge in [-0.3, -0.25) is 0 Å². The number of rotatable bonds is 5. The van der Waals surface area contributed by atoms with Crippen molar-refractivity contribution in [2.75, 3.05) is 30.4 Å². The first kappa shape index (κ1) is 19.2. The molecule has 4 rings (SSSR count).